The molecule has 28 heavy (non-hydrogen) atoms. The maximum Gasteiger partial charge on any atom is 0.262 e. The number of fused-ring (bicyclic) bond motifs is 1. The van der Waals surface area contributed by atoms with Crippen molar-refractivity contribution in [1.29, 1.82) is 0 Å². The molecule has 140 valence electrons. The summed E-state index contributed by atoms with van der Waals surface area (Å²) in [6.45, 7) is -0.136. The summed E-state index contributed by atoms with van der Waals surface area (Å²) in [5, 5.41) is 4.71. The molecule has 0 unspecified atom stereocenters. The predicted octanol–water partition coefficient (Wildman–Crippen LogP) is 6.29. The lowest BCUT2D eigenvalue weighted by atomic mass is 10.2. The van der Waals surface area contributed by atoms with Gasteiger partial charge in [0.25, 0.3) is 5.91 Å². The number of carbonyl (C=O) groups is 1. The van der Waals surface area contributed by atoms with Crippen LogP contribution < -0.4 is 10.1 Å². The van der Waals surface area contributed by atoms with E-state index in [-0.39, 0.29) is 12.5 Å². The van der Waals surface area contributed by atoms with Gasteiger partial charge in [0.1, 0.15) is 10.8 Å². The normalized spacial score (nSPS) is 10.8. The first-order valence-corrected chi connectivity index (χ1v) is 9.99. The molecule has 1 N–H and O–H groups in total. The van der Waals surface area contributed by atoms with Gasteiger partial charge in [-0.3, -0.25) is 4.79 Å². The van der Waals surface area contributed by atoms with E-state index in [9.17, 15) is 4.79 Å². The molecule has 0 atom stereocenters. The Morgan fingerprint density at radius 1 is 1.04 bits per heavy atom. The lowest BCUT2D eigenvalue weighted by Crippen LogP contribution is -2.20. The smallest absolute Gasteiger partial charge is 0.262 e. The van der Waals surface area contributed by atoms with Crippen LogP contribution in [0.3, 0.4) is 0 Å². The highest BCUT2D eigenvalue weighted by Crippen LogP contribution is 2.33. The summed E-state index contributed by atoms with van der Waals surface area (Å²) in [5.41, 5.74) is 2.35. The number of rotatable bonds is 5. The predicted molar refractivity (Wildman–Crippen MR) is 116 cm³/mol. The van der Waals surface area contributed by atoms with Crippen LogP contribution in [0.15, 0.2) is 66.7 Å². The van der Waals surface area contributed by atoms with Crippen molar-refractivity contribution < 1.29 is 9.53 Å². The molecule has 0 saturated carbocycles. The van der Waals surface area contributed by atoms with Crippen molar-refractivity contribution in [2.24, 2.45) is 0 Å². The highest BCUT2D eigenvalue weighted by Gasteiger charge is 2.11. The molecular weight excluding hydrogens is 415 g/mol. The Balaban J connectivity index is 1.49. The Labute approximate surface area is 175 Å². The number of ether oxygens (including phenoxy) is 1. The van der Waals surface area contributed by atoms with Crippen molar-refractivity contribution in [2.45, 2.75) is 0 Å². The zero-order valence-corrected chi connectivity index (χ0v) is 16.8. The van der Waals surface area contributed by atoms with Gasteiger partial charge in [-0.15, -0.1) is 11.3 Å². The third kappa shape index (κ3) is 4.28. The highest BCUT2D eigenvalue weighted by atomic mass is 35.5. The van der Waals surface area contributed by atoms with Crippen molar-refractivity contribution in [3.63, 3.8) is 0 Å². The number of hydrogen-bond donors (Lipinski definition) is 1. The van der Waals surface area contributed by atoms with Crippen LogP contribution in [0.25, 0.3) is 20.8 Å². The van der Waals surface area contributed by atoms with E-state index in [1.54, 1.807) is 41.7 Å². The summed E-state index contributed by atoms with van der Waals surface area (Å²) in [5.74, 6) is 0.257. The zero-order valence-electron chi connectivity index (χ0n) is 14.5. The van der Waals surface area contributed by atoms with Crippen LogP contribution in [-0.4, -0.2) is 17.5 Å². The van der Waals surface area contributed by atoms with Gasteiger partial charge < -0.3 is 10.1 Å². The minimum Gasteiger partial charge on any atom is -0.484 e. The van der Waals surface area contributed by atoms with Gasteiger partial charge in [-0.25, -0.2) is 4.98 Å². The van der Waals surface area contributed by atoms with Crippen molar-refractivity contribution in [3.8, 4) is 16.3 Å². The van der Waals surface area contributed by atoms with Crippen molar-refractivity contribution in [3.05, 3.63) is 76.8 Å². The summed E-state index contributed by atoms with van der Waals surface area (Å²) < 4.78 is 6.57. The van der Waals surface area contributed by atoms with Gasteiger partial charge in [0.15, 0.2) is 6.61 Å². The average Bonchev–Trinajstić information content (AvgIpc) is 3.13. The highest BCUT2D eigenvalue weighted by molar-refractivity contribution is 7.21. The second-order valence-corrected chi connectivity index (χ2v) is 7.85. The van der Waals surface area contributed by atoms with Crippen molar-refractivity contribution >= 4 is 56.3 Å². The summed E-state index contributed by atoms with van der Waals surface area (Å²) in [6.07, 6.45) is 0. The lowest BCUT2D eigenvalue weighted by molar-refractivity contribution is -0.118. The Morgan fingerprint density at radius 2 is 1.82 bits per heavy atom. The van der Waals surface area contributed by atoms with Gasteiger partial charge >= 0.3 is 0 Å². The first-order chi connectivity index (χ1) is 13.6. The molecule has 0 aliphatic heterocycles. The van der Waals surface area contributed by atoms with Gasteiger partial charge in [0, 0.05) is 10.6 Å². The van der Waals surface area contributed by atoms with Crippen LogP contribution in [0, 0.1) is 0 Å². The van der Waals surface area contributed by atoms with E-state index in [2.05, 4.69) is 10.3 Å². The van der Waals surface area contributed by atoms with Gasteiger partial charge in [-0.2, -0.15) is 0 Å². The summed E-state index contributed by atoms with van der Waals surface area (Å²) in [7, 11) is 0. The number of thiazole rings is 1. The van der Waals surface area contributed by atoms with Crippen molar-refractivity contribution in [2.75, 3.05) is 11.9 Å². The molecule has 3 aromatic carbocycles. The fourth-order valence-corrected chi connectivity index (χ4v) is 3.87. The first-order valence-electron chi connectivity index (χ1n) is 8.42. The van der Waals surface area contributed by atoms with E-state index >= 15 is 0 Å². The molecule has 4 rings (SSSR count). The fraction of sp³-hybridized carbons (Fsp3) is 0.0476. The van der Waals surface area contributed by atoms with Crippen LogP contribution in [0.4, 0.5) is 5.69 Å². The van der Waals surface area contributed by atoms with Crippen molar-refractivity contribution in [1.82, 2.24) is 4.98 Å². The van der Waals surface area contributed by atoms with E-state index in [1.807, 2.05) is 36.4 Å². The molecule has 7 heteroatoms. The van der Waals surface area contributed by atoms with Crippen LogP contribution in [-0.2, 0) is 4.79 Å². The van der Waals surface area contributed by atoms with Crippen LogP contribution in [0.2, 0.25) is 10.0 Å². The van der Waals surface area contributed by atoms with Crippen LogP contribution in [0.5, 0.6) is 5.75 Å². The number of aromatic nitrogens is 1. The molecule has 0 bridgehead atoms. The number of amides is 1. The number of hydrogen-bond acceptors (Lipinski definition) is 4. The number of benzene rings is 3. The average molecular weight is 429 g/mol. The zero-order chi connectivity index (χ0) is 19.5. The summed E-state index contributed by atoms with van der Waals surface area (Å²) >= 11 is 13.7. The number of para-hydroxylation sites is 1. The number of nitrogens with zero attached hydrogens (tertiary/aromatic N) is 1. The third-order valence-electron chi connectivity index (χ3n) is 3.96. The molecule has 0 aliphatic rings. The molecule has 0 fully saturated rings. The Morgan fingerprint density at radius 3 is 2.61 bits per heavy atom. The molecule has 1 aromatic heterocycles. The van der Waals surface area contributed by atoms with Gasteiger partial charge in [0.05, 0.1) is 20.9 Å². The second-order valence-electron chi connectivity index (χ2n) is 5.97. The van der Waals surface area contributed by atoms with Crippen LogP contribution >= 0.6 is 34.5 Å². The molecule has 0 saturated heterocycles. The topological polar surface area (TPSA) is 51.2 Å². The Kier molecular flexibility index (Phi) is 5.48. The SMILES string of the molecule is O=C(COc1ccc(Cl)cc1)Nc1cc(-c2nc3ccccc3s2)ccc1Cl. The number of halogens is 2. The standard InChI is InChI=1S/C21H14Cl2N2O2S/c22-14-6-8-15(9-7-14)27-12-20(26)24-18-11-13(5-10-16(18)23)21-25-17-3-1-2-4-19(17)28-21/h1-11H,12H2,(H,24,26). The third-order valence-corrected chi connectivity index (χ3v) is 5.63. The van der Waals surface area contributed by atoms with E-state index < -0.39 is 0 Å². The summed E-state index contributed by atoms with van der Waals surface area (Å²) in [6, 6.07) is 20.2. The number of anilines is 1. The van der Waals surface area contributed by atoms with Gasteiger partial charge in [-0.05, 0) is 48.5 Å². The first kappa shape index (κ1) is 18.7. The number of carbonyl (C=O) groups excluding carboxylic acids is 1. The largest absolute Gasteiger partial charge is 0.484 e. The fourth-order valence-electron chi connectivity index (χ4n) is 2.62. The quantitative estimate of drug-likeness (QED) is 0.406. The molecule has 4 nitrogen and oxygen atoms in total. The maximum absolute atomic E-state index is 12.3. The number of nitrogens with one attached hydrogen (secondary N) is 1. The monoisotopic (exact) mass is 428 g/mol. The molecular formula is C21H14Cl2N2O2S. The van der Waals surface area contributed by atoms with Crippen LogP contribution in [0.1, 0.15) is 0 Å². The lowest BCUT2D eigenvalue weighted by Gasteiger charge is -2.10. The minimum atomic E-state index is -0.307. The maximum atomic E-state index is 12.3. The van der Waals surface area contributed by atoms with E-state index in [1.165, 1.54) is 0 Å². The van der Waals surface area contributed by atoms with E-state index in [0.29, 0.717) is 21.5 Å². The second kappa shape index (κ2) is 8.19. The molecule has 4 aromatic rings. The molecule has 1 heterocycles. The van der Waals surface area contributed by atoms with Gasteiger partial charge in [0.2, 0.25) is 0 Å². The van der Waals surface area contributed by atoms with Gasteiger partial charge in [-0.1, -0.05) is 41.4 Å². The molecule has 0 spiro atoms. The van der Waals surface area contributed by atoms with E-state index in [0.717, 1.165) is 20.8 Å². The Hall–Kier alpha value is -2.60. The van der Waals surface area contributed by atoms with E-state index in [4.69, 9.17) is 27.9 Å². The molecule has 0 radical (unpaired) electrons. The minimum absolute atomic E-state index is 0.136. The molecule has 0 aliphatic carbocycles. The molecule has 1 amide bonds. The summed E-state index contributed by atoms with van der Waals surface area (Å²) in [4.78, 5) is 16.9. The Bertz CT molecular complexity index is 1110.